The molecular formula is C32H38ClN7O3. The first-order chi connectivity index (χ1) is 20.6. The number of nitrogens with zero attached hydrogens (tertiary/aromatic N) is 6. The van der Waals surface area contributed by atoms with Crippen LogP contribution >= 0.6 is 11.6 Å². The van der Waals surface area contributed by atoms with Crippen molar-refractivity contribution in [2.45, 2.75) is 58.5 Å². The predicted molar refractivity (Wildman–Crippen MR) is 168 cm³/mol. The van der Waals surface area contributed by atoms with E-state index in [1.807, 2.05) is 39.0 Å². The maximum Gasteiger partial charge on any atom is 0.410 e. The fraction of sp³-hybridized carbons (Fsp3) is 0.469. The van der Waals surface area contributed by atoms with Gasteiger partial charge in [0.25, 0.3) is 0 Å². The maximum absolute atomic E-state index is 13.7. The van der Waals surface area contributed by atoms with E-state index in [0.29, 0.717) is 60.5 Å². The first kappa shape index (κ1) is 29.2. The van der Waals surface area contributed by atoms with Gasteiger partial charge >= 0.3 is 6.09 Å². The number of halogens is 1. The number of benzene rings is 1. The quantitative estimate of drug-likeness (QED) is 0.363. The molecule has 43 heavy (non-hydrogen) atoms. The number of anilines is 4. The van der Waals surface area contributed by atoms with Gasteiger partial charge in [0.2, 0.25) is 11.9 Å². The summed E-state index contributed by atoms with van der Waals surface area (Å²) in [5.74, 6) is 0.474. The number of hydrogen-bond donors (Lipinski definition) is 1. The van der Waals surface area contributed by atoms with Crippen LogP contribution in [-0.4, -0.2) is 70.2 Å². The lowest BCUT2D eigenvalue weighted by Gasteiger charge is -2.38. The van der Waals surface area contributed by atoms with Gasteiger partial charge in [0, 0.05) is 44.0 Å². The fourth-order valence-electron chi connectivity index (χ4n) is 6.20. The second-order valence-electron chi connectivity index (χ2n) is 12.6. The number of amides is 2. The summed E-state index contributed by atoms with van der Waals surface area (Å²) in [5.41, 5.74) is 3.12. The first-order valence-electron chi connectivity index (χ1n) is 15.0. The standard InChI is InChI=1S/C32H38ClN7O3/c1-31(2,3)43-30(42)39-14-9-32(10-15-39)11-16-40(28(32)41)25-18-23(19-34-20-25)36-29-35-21-26(33)27(37-29)22-7-6-8-24(17-22)38-12-4-5-13-38/h6-8,17-21H,4-5,9-16H2,1-3H3,(H,35,36,37). The van der Waals surface area contributed by atoms with Crippen molar-refractivity contribution in [3.63, 3.8) is 0 Å². The molecule has 0 aliphatic carbocycles. The molecule has 0 atom stereocenters. The normalized spacial score (nSPS) is 18.4. The van der Waals surface area contributed by atoms with E-state index in [4.69, 9.17) is 21.3 Å². The van der Waals surface area contributed by atoms with E-state index in [0.717, 1.165) is 25.1 Å². The number of likely N-dealkylation sites (tertiary alicyclic amines) is 1. The van der Waals surface area contributed by atoms with Crippen molar-refractivity contribution < 1.29 is 14.3 Å². The zero-order valence-corrected chi connectivity index (χ0v) is 25.7. The third-order valence-electron chi connectivity index (χ3n) is 8.51. The van der Waals surface area contributed by atoms with E-state index in [2.05, 4.69) is 32.3 Å². The van der Waals surface area contributed by atoms with Gasteiger partial charge in [-0.25, -0.2) is 14.8 Å². The Morgan fingerprint density at radius 3 is 2.47 bits per heavy atom. The zero-order chi connectivity index (χ0) is 30.2. The van der Waals surface area contributed by atoms with Crippen molar-refractivity contribution >= 4 is 46.6 Å². The number of nitrogens with one attached hydrogen (secondary N) is 1. The van der Waals surface area contributed by atoms with Crippen molar-refractivity contribution in [1.29, 1.82) is 0 Å². The molecule has 11 heteroatoms. The van der Waals surface area contributed by atoms with Crippen LogP contribution < -0.4 is 15.1 Å². The molecule has 10 nitrogen and oxygen atoms in total. The summed E-state index contributed by atoms with van der Waals surface area (Å²) < 4.78 is 5.53. The molecule has 6 rings (SSSR count). The molecule has 3 aliphatic heterocycles. The van der Waals surface area contributed by atoms with Crippen LogP contribution in [0, 0.1) is 5.41 Å². The molecular weight excluding hydrogens is 566 g/mol. The molecule has 2 aromatic heterocycles. The number of carbonyl (C=O) groups is 2. The van der Waals surface area contributed by atoms with Crippen LogP contribution in [0.3, 0.4) is 0 Å². The van der Waals surface area contributed by atoms with E-state index in [1.54, 1.807) is 28.4 Å². The van der Waals surface area contributed by atoms with Gasteiger partial charge in [-0.2, -0.15) is 0 Å². The third-order valence-corrected chi connectivity index (χ3v) is 8.79. The summed E-state index contributed by atoms with van der Waals surface area (Å²) in [4.78, 5) is 45.7. The average molecular weight is 604 g/mol. The summed E-state index contributed by atoms with van der Waals surface area (Å²) in [7, 11) is 0. The number of ether oxygens (including phenoxy) is 1. The van der Waals surface area contributed by atoms with Crippen molar-refractivity contribution in [1.82, 2.24) is 19.9 Å². The van der Waals surface area contributed by atoms with Crippen molar-refractivity contribution in [2.75, 3.05) is 47.8 Å². The van der Waals surface area contributed by atoms with Crippen LogP contribution in [0.4, 0.5) is 27.8 Å². The molecule has 0 bridgehead atoms. The lowest BCUT2D eigenvalue weighted by atomic mass is 9.77. The van der Waals surface area contributed by atoms with E-state index >= 15 is 0 Å². The highest BCUT2D eigenvalue weighted by Crippen LogP contribution is 2.43. The second-order valence-corrected chi connectivity index (χ2v) is 13.1. The van der Waals surface area contributed by atoms with Gasteiger partial charge in [0.1, 0.15) is 5.60 Å². The molecule has 3 aliphatic rings. The maximum atomic E-state index is 13.7. The molecule has 3 saturated heterocycles. The largest absolute Gasteiger partial charge is 0.444 e. The molecule has 226 valence electrons. The van der Waals surface area contributed by atoms with E-state index in [1.165, 1.54) is 18.5 Å². The topological polar surface area (TPSA) is 104 Å². The highest BCUT2D eigenvalue weighted by atomic mass is 35.5. The van der Waals surface area contributed by atoms with Crippen molar-refractivity contribution in [3.8, 4) is 11.3 Å². The monoisotopic (exact) mass is 603 g/mol. The molecule has 3 fully saturated rings. The molecule has 3 aromatic rings. The molecule has 0 radical (unpaired) electrons. The number of pyridine rings is 1. The number of rotatable bonds is 5. The molecule has 0 unspecified atom stereocenters. The molecule has 1 spiro atoms. The summed E-state index contributed by atoms with van der Waals surface area (Å²) in [5, 5.41) is 3.72. The molecule has 1 aromatic carbocycles. The molecule has 5 heterocycles. The highest BCUT2D eigenvalue weighted by molar-refractivity contribution is 6.32. The second kappa shape index (κ2) is 11.6. The van der Waals surface area contributed by atoms with Crippen LogP contribution in [0.1, 0.15) is 52.9 Å². The zero-order valence-electron chi connectivity index (χ0n) is 25.0. The predicted octanol–water partition coefficient (Wildman–Crippen LogP) is 6.29. The summed E-state index contributed by atoms with van der Waals surface area (Å²) >= 11 is 6.55. The minimum Gasteiger partial charge on any atom is -0.444 e. The Hall–Kier alpha value is -3.92. The average Bonchev–Trinajstić information content (AvgIpc) is 3.63. The first-order valence-corrected chi connectivity index (χ1v) is 15.4. The van der Waals surface area contributed by atoms with Gasteiger partial charge in [-0.1, -0.05) is 23.7 Å². The van der Waals surface area contributed by atoms with Crippen LogP contribution in [0.5, 0.6) is 0 Å². The van der Waals surface area contributed by atoms with Crippen molar-refractivity contribution in [2.24, 2.45) is 5.41 Å². The minimum absolute atomic E-state index is 0.0817. The van der Waals surface area contributed by atoms with Crippen LogP contribution in [0.25, 0.3) is 11.3 Å². The van der Waals surface area contributed by atoms with Gasteiger partial charge in [-0.05, 0) is 71.1 Å². The van der Waals surface area contributed by atoms with Gasteiger partial charge in [0.15, 0.2) is 0 Å². The van der Waals surface area contributed by atoms with Crippen LogP contribution in [0.15, 0.2) is 48.9 Å². The Labute approximate surface area is 257 Å². The summed E-state index contributed by atoms with van der Waals surface area (Å²) in [6.07, 6.45) is 9.06. The Balaban J connectivity index is 1.14. The fourth-order valence-corrected chi connectivity index (χ4v) is 6.40. The Kier molecular flexibility index (Phi) is 7.89. The van der Waals surface area contributed by atoms with Gasteiger partial charge in [-0.3, -0.25) is 9.78 Å². The van der Waals surface area contributed by atoms with Gasteiger partial charge in [0.05, 0.1) is 46.1 Å². The van der Waals surface area contributed by atoms with Crippen molar-refractivity contribution in [3.05, 3.63) is 53.9 Å². The lowest BCUT2D eigenvalue weighted by molar-refractivity contribution is -0.128. The van der Waals surface area contributed by atoms with Gasteiger partial charge < -0.3 is 24.8 Å². The highest BCUT2D eigenvalue weighted by Gasteiger charge is 2.49. The molecule has 1 N–H and O–H groups in total. The summed E-state index contributed by atoms with van der Waals surface area (Å²) in [6.45, 7) is 9.31. The lowest BCUT2D eigenvalue weighted by Crippen LogP contribution is -2.48. The van der Waals surface area contributed by atoms with E-state index < -0.39 is 11.0 Å². The van der Waals surface area contributed by atoms with Crippen LogP contribution in [-0.2, 0) is 9.53 Å². The number of carbonyl (C=O) groups excluding carboxylic acids is 2. The van der Waals surface area contributed by atoms with E-state index in [-0.39, 0.29) is 12.0 Å². The molecule has 0 saturated carbocycles. The molecule has 2 amide bonds. The Morgan fingerprint density at radius 2 is 1.72 bits per heavy atom. The number of hydrogen-bond acceptors (Lipinski definition) is 8. The smallest absolute Gasteiger partial charge is 0.410 e. The summed E-state index contributed by atoms with van der Waals surface area (Å²) in [6, 6.07) is 10.2. The third kappa shape index (κ3) is 6.25. The Morgan fingerprint density at radius 1 is 0.977 bits per heavy atom. The minimum atomic E-state index is -0.546. The number of aromatic nitrogens is 3. The van der Waals surface area contributed by atoms with Gasteiger partial charge in [-0.15, -0.1) is 0 Å². The number of piperidine rings is 1. The SMILES string of the molecule is CC(C)(C)OC(=O)N1CCC2(CC1)CCN(c1cncc(Nc3ncc(Cl)c(-c4cccc(N5CCCC5)c4)n3)c1)C2=O. The van der Waals surface area contributed by atoms with Crippen LogP contribution in [0.2, 0.25) is 5.02 Å². The Bertz CT molecular complexity index is 1510. The van der Waals surface area contributed by atoms with E-state index in [9.17, 15) is 9.59 Å².